The highest BCUT2D eigenvalue weighted by Gasteiger charge is 2.03. The average molecular weight is 126 g/mol. The van der Waals surface area contributed by atoms with Crippen LogP contribution in [0.25, 0.3) is 0 Å². The van der Waals surface area contributed by atoms with Crippen LogP contribution in [-0.2, 0) is 4.79 Å². The molecule has 0 fully saturated rings. The zero-order valence-electron chi connectivity index (χ0n) is 5.64. The van der Waals surface area contributed by atoms with Crippen LogP contribution in [0.5, 0.6) is 0 Å². The number of hydrogen-bond acceptors (Lipinski definition) is 1. The first-order valence-corrected chi connectivity index (χ1v) is 2.65. The van der Waals surface area contributed by atoms with E-state index in [1.54, 1.807) is 13.8 Å². The second-order valence-corrected chi connectivity index (χ2v) is 1.79. The number of rotatable bonds is 2. The van der Waals surface area contributed by atoms with Crippen molar-refractivity contribution < 1.29 is 9.90 Å². The molecule has 0 saturated heterocycles. The lowest BCUT2D eigenvalue weighted by Crippen LogP contribution is -1.99. The van der Waals surface area contributed by atoms with Crippen LogP contribution < -0.4 is 0 Å². The van der Waals surface area contributed by atoms with Gasteiger partial charge in [0.1, 0.15) is 0 Å². The molecular weight excluding hydrogens is 116 g/mol. The standard InChI is InChI=1S/C7H10O2/c1-4-6(5(2)3)7(8)9/h4H,2H2,1,3H3,(H,8,9)/b6-4+. The Morgan fingerprint density at radius 3 is 2.11 bits per heavy atom. The van der Waals surface area contributed by atoms with Gasteiger partial charge in [-0.25, -0.2) is 4.79 Å². The van der Waals surface area contributed by atoms with Crippen LogP contribution in [-0.4, -0.2) is 11.1 Å². The largest absolute Gasteiger partial charge is 0.478 e. The fraction of sp³-hybridized carbons (Fsp3) is 0.286. The zero-order chi connectivity index (χ0) is 7.44. The van der Waals surface area contributed by atoms with Crippen LogP contribution in [0.4, 0.5) is 0 Å². The summed E-state index contributed by atoms with van der Waals surface area (Å²) in [5, 5.41) is 8.41. The van der Waals surface area contributed by atoms with Crippen molar-refractivity contribution in [2.24, 2.45) is 0 Å². The Bertz CT molecular complexity index is 150. The molecule has 0 bridgehead atoms. The molecule has 0 aliphatic rings. The summed E-state index contributed by atoms with van der Waals surface area (Å²) in [6.45, 7) is 6.85. The number of hydrogen-bond donors (Lipinski definition) is 1. The van der Waals surface area contributed by atoms with Crippen molar-refractivity contribution in [3.05, 3.63) is 23.8 Å². The van der Waals surface area contributed by atoms with E-state index in [2.05, 4.69) is 6.58 Å². The van der Waals surface area contributed by atoms with Gasteiger partial charge in [-0.3, -0.25) is 0 Å². The molecule has 0 radical (unpaired) electrons. The summed E-state index contributed by atoms with van der Waals surface area (Å²) in [5.74, 6) is -0.912. The van der Waals surface area contributed by atoms with E-state index in [4.69, 9.17) is 5.11 Å². The predicted molar refractivity (Wildman–Crippen MR) is 36.2 cm³/mol. The van der Waals surface area contributed by atoms with E-state index in [-0.39, 0.29) is 5.57 Å². The zero-order valence-corrected chi connectivity index (χ0v) is 5.64. The van der Waals surface area contributed by atoms with Gasteiger partial charge in [0.15, 0.2) is 0 Å². The van der Waals surface area contributed by atoms with Crippen LogP contribution in [0.1, 0.15) is 13.8 Å². The Balaban J connectivity index is 4.38. The Morgan fingerprint density at radius 1 is 1.67 bits per heavy atom. The van der Waals surface area contributed by atoms with E-state index in [0.717, 1.165) is 0 Å². The van der Waals surface area contributed by atoms with Crippen molar-refractivity contribution >= 4 is 5.97 Å². The first-order chi connectivity index (χ1) is 4.09. The molecule has 1 N–H and O–H groups in total. The number of allylic oxidation sites excluding steroid dienone is 1. The van der Waals surface area contributed by atoms with E-state index in [1.165, 1.54) is 6.08 Å². The number of carbonyl (C=O) groups is 1. The summed E-state index contributed by atoms with van der Waals surface area (Å²) >= 11 is 0. The van der Waals surface area contributed by atoms with E-state index < -0.39 is 5.97 Å². The summed E-state index contributed by atoms with van der Waals surface area (Å²) in [7, 11) is 0. The minimum atomic E-state index is -0.912. The molecule has 0 aromatic heterocycles. The SMILES string of the molecule is C=C(C)/C(=C\C)C(=O)O. The van der Waals surface area contributed by atoms with Gasteiger partial charge < -0.3 is 5.11 Å². The highest BCUT2D eigenvalue weighted by Crippen LogP contribution is 2.04. The fourth-order valence-electron chi connectivity index (χ4n) is 0.552. The highest BCUT2D eigenvalue weighted by molar-refractivity contribution is 5.91. The van der Waals surface area contributed by atoms with Crippen LogP contribution in [0.3, 0.4) is 0 Å². The smallest absolute Gasteiger partial charge is 0.335 e. The van der Waals surface area contributed by atoms with Crippen molar-refractivity contribution in [2.45, 2.75) is 13.8 Å². The quantitative estimate of drug-likeness (QED) is 0.450. The van der Waals surface area contributed by atoms with Crippen molar-refractivity contribution in [3.8, 4) is 0 Å². The van der Waals surface area contributed by atoms with Crippen molar-refractivity contribution in [2.75, 3.05) is 0 Å². The summed E-state index contributed by atoms with van der Waals surface area (Å²) < 4.78 is 0. The Hall–Kier alpha value is -1.05. The van der Waals surface area contributed by atoms with Crippen LogP contribution in [0.2, 0.25) is 0 Å². The number of carboxylic acid groups (broad SMARTS) is 1. The van der Waals surface area contributed by atoms with Crippen molar-refractivity contribution in [1.29, 1.82) is 0 Å². The molecule has 0 unspecified atom stereocenters. The van der Waals surface area contributed by atoms with Gasteiger partial charge in [-0.15, -0.1) is 0 Å². The number of aliphatic carboxylic acids is 1. The topological polar surface area (TPSA) is 37.3 Å². The molecule has 0 aliphatic carbocycles. The lowest BCUT2D eigenvalue weighted by molar-refractivity contribution is -0.132. The predicted octanol–water partition coefficient (Wildman–Crippen LogP) is 1.59. The molecule has 0 saturated carbocycles. The minimum absolute atomic E-state index is 0.287. The molecule has 0 rings (SSSR count). The molecule has 0 aromatic rings. The monoisotopic (exact) mass is 126 g/mol. The van der Waals surface area contributed by atoms with Crippen molar-refractivity contribution in [3.63, 3.8) is 0 Å². The second kappa shape index (κ2) is 3.07. The third-order valence-corrected chi connectivity index (χ3v) is 0.979. The summed E-state index contributed by atoms with van der Waals surface area (Å²) in [6.07, 6.45) is 1.53. The molecule has 0 atom stereocenters. The molecule has 0 aliphatic heterocycles. The maximum Gasteiger partial charge on any atom is 0.335 e. The van der Waals surface area contributed by atoms with Gasteiger partial charge >= 0.3 is 5.97 Å². The number of carboxylic acids is 1. The van der Waals surface area contributed by atoms with Crippen molar-refractivity contribution in [1.82, 2.24) is 0 Å². The Kier molecular flexibility index (Phi) is 2.71. The Labute approximate surface area is 54.5 Å². The molecule has 2 nitrogen and oxygen atoms in total. The fourth-order valence-corrected chi connectivity index (χ4v) is 0.552. The molecule has 50 valence electrons. The molecule has 9 heavy (non-hydrogen) atoms. The summed E-state index contributed by atoms with van der Waals surface area (Å²) in [6, 6.07) is 0. The molecular formula is C7H10O2. The summed E-state index contributed by atoms with van der Waals surface area (Å²) in [4.78, 5) is 10.2. The van der Waals surface area contributed by atoms with Gasteiger partial charge in [0.25, 0.3) is 0 Å². The first kappa shape index (κ1) is 7.95. The lowest BCUT2D eigenvalue weighted by atomic mass is 10.1. The maximum absolute atomic E-state index is 10.2. The molecule has 0 spiro atoms. The average Bonchev–Trinajstić information content (AvgIpc) is 1.64. The maximum atomic E-state index is 10.2. The van der Waals surface area contributed by atoms with Crippen LogP contribution in [0, 0.1) is 0 Å². The van der Waals surface area contributed by atoms with Gasteiger partial charge in [0.05, 0.1) is 5.57 Å². The van der Waals surface area contributed by atoms with Gasteiger partial charge in [-0.1, -0.05) is 12.7 Å². The van der Waals surface area contributed by atoms with E-state index >= 15 is 0 Å². The molecule has 0 amide bonds. The molecule has 0 heterocycles. The van der Waals surface area contributed by atoms with Crippen LogP contribution in [0.15, 0.2) is 23.8 Å². The summed E-state index contributed by atoms with van der Waals surface area (Å²) in [5.41, 5.74) is 0.875. The minimum Gasteiger partial charge on any atom is -0.478 e. The normalized spacial score (nSPS) is 11.1. The second-order valence-electron chi connectivity index (χ2n) is 1.79. The van der Waals surface area contributed by atoms with Gasteiger partial charge in [-0.2, -0.15) is 0 Å². The van der Waals surface area contributed by atoms with Gasteiger partial charge in [-0.05, 0) is 19.4 Å². The lowest BCUT2D eigenvalue weighted by Gasteiger charge is -1.96. The molecule has 0 aromatic carbocycles. The molecule has 2 heteroatoms. The van der Waals surface area contributed by atoms with E-state index in [1.807, 2.05) is 0 Å². The third-order valence-electron chi connectivity index (χ3n) is 0.979. The van der Waals surface area contributed by atoms with Gasteiger partial charge in [0, 0.05) is 0 Å². The first-order valence-electron chi connectivity index (χ1n) is 2.65. The third kappa shape index (κ3) is 2.13. The van der Waals surface area contributed by atoms with Gasteiger partial charge in [0.2, 0.25) is 0 Å². The Morgan fingerprint density at radius 2 is 2.11 bits per heavy atom. The van der Waals surface area contributed by atoms with E-state index in [9.17, 15) is 4.79 Å². The van der Waals surface area contributed by atoms with E-state index in [0.29, 0.717) is 5.57 Å². The van der Waals surface area contributed by atoms with Crippen LogP contribution >= 0.6 is 0 Å². The highest BCUT2D eigenvalue weighted by atomic mass is 16.4.